The minimum Gasteiger partial charge on any atom is -0.314 e. The van der Waals surface area contributed by atoms with E-state index in [1.807, 2.05) is 0 Å². The molecule has 0 saturated carbocycles. The molecule has 1 aliphatic carbocycles. The van der Waals surface area contributed by atoms with E-state index in [0.29, 0.717) is 0 Å². The van der Waals surface area contributed by atoms with Crippen LogP contribution < -0.4 is 4.90 Å². The van der Waals surface area contributed by atoms with Gasteiger partial charge in [0.2, 0.25) is 0 Å². The molecule has 0 aromatic heterocycles. The summed E-state index contributed by atoms with van der Waals surface area (Å²) in [4.78, 5) is 2.48. The second-order valence-corrected chi connectivity index (χ2v) is 10.2. The van der Waals surface area contributed by atoms with E-state index in [9.17, 15) is 0 Å². The van der Waals surface area contributed by atoms with Crippen molar-refractivity contribution in [1.82, 2.24) is 0 Å². The van der Waals surface area contributed by atoms with Crippen molar-refractivity contribution in [2.24, 2.45) is 5.41 Å². The maximum absolute atomic E-state index is 3.69. The lowest BCUT2D eigenvalue weighted by Gasteiger charge is -2.43. The fourth-order valence-corrected chi connectivity index (χ4v) is 4.78. The molecule has 0 unspecified atom stereocenters. The first kappa shape index (κ1) is 18.6. The second kappa shape index (κ2) is 6.38. The van der Waals surface area contributed by atoms with Gasteiger partial charge in [-0.2, -0.15) is 0 Å². The van der Waals surface area contributed by atoms with Crippen LogP contribution in [0.1, 0.15) is 58.6 Å². The number of allylic oxidation sites excluding steroid dienone is 4. The van der Waals surface area contributed by atoms with Crippen molar-refractivity contribution in [2.75, 3.05) is 4.90 Å². The number of anilines is 2. The fourth-order valence-electron chi connectivity index (χ4n) is 4.42. The number of hydrogen-bond acceptors (Lipinski definition) is 1. The molecule has 2 heteroatoms. The maximum atomic E-state index is 3.69. The molecule has 2 aromatic carbocycles. The van der Waals surface area contributed by atoms with Crippen LogP contribution in [-0.2, 0) is 5.41 Å². The zero-order valence-corrected chi connectivity index (χ0v) is 18.5. The van der Waals surface area contributed by atoms with E-state index in [2.05, 4.69) is 110 Å². The van der Waals surface area contributed by atoms with E-state index in [0.717, 1.165) is 17.3 Å². The lowest BCUT2D eigenvalue weighted by atomic mass is 9.73. The highest BCUT2D eigenvalue weighted by Crippen LogP contribution is 2.51. The number of para-hydroxylation sites is 1. The van der Waals surface area contributed by atoms with E-state index in [-0.39, 0.29) is 10.8 Å². The summed E-state index contributed by atoms with van der Waals surface area (Å²) >= 11 is 3.69. The van der Waals surface area contributed by atoms with Gasteiger partial charge in [0, 0.05) is 27.0 Å². The van der Waals surface area contributed by atoms with Gasteiger partial charge in [-0.3, -0.25) is 0 Å². The Morgan fingerprint density at radius 2 is 1.59 bits per heavy atom. The molecular formula is C25H28BrN. The average Bonchev–Trinajstić information content (AvgIpc) is 2.62. The van der Waals surface area contributed by atoms with Gasteiger partial charge in [-0.05, 0) is 59.7 Å². The zero-order chi connectivity index (χ0) is 19.4. The van der Waals surface area contributed by atoms with E-state index in [1.165, 1.54) is 33.8 Å². The lowest BCUT2D eigenvalue weighted by molar-refractivity contribution is 0.478. The van der Waals surface area contributed by atoms with Gasteiger partial charge in [0.1, 0.15) is 0 Å². The van der Waals surface area contributed by atoms with E-state index in [4.69, 9.17) is 0 Å². The predicted octanol–water partition coefficient (Wildman–Crippen LogP) is 7.88. The molecule has 0 fully saturated rings. The van der Waals surface area contributed by atoms with Crippen LogP contribution in [0.15, 0.2) is 70.4 Å². The van der Waals surface area contributed by atoms with Crippen LogP contribution >= 0.6 is 15.9 Å². The molecule has 2 aliphatic rings. The highest BCUT2D eigenvalue weighted by molar-refractivity contribution is 9.10. The van der Waals surface area contributed by atoms with Crippen molar-refractivity contribution in [1.29, 1.82) is 0 Å². The summed E-state index contributed by atoms with van der Waals surface area (Å²) in [7, 11) is 0. The Morgan fingerprint density at radius 3 is 2.26 bits per heavy atom. The van der Waals surface area contributed by atoms with E-state index >= 15 is 0 Å². The first-order valence-corrected chi connectivity index (χ1v) is 10.6. The summed E-state index contributed by atoms with van der Waals surface area (Å²) in [5, 5.41) is 0. The van der Waals surface area contributed by atoms with Crippen LogP contribution in [0.25, 0.3) is 0 Å². The van der Waals surface area contributed by atoms with Crippen molar-refractivity contribution in [3.05, 3.63) is 81.5 Å². The summed E-state index contributed by atoms with van der Waals surface area (Å²) in [6, 6.07) is 15.6. The van der Waals surface area contributed by atoms with E-state index < -0.39 is 0 Å². The topological polar surface area (TPSA) is 3.24 Å². The van der Waals surface area contributed by atoms with Gasteiger partial charge in [0.05, 0.1) is 0 Å². The van der Waals surface area contributed by atoms with Crippen molar-refractivity contribution < 1.29 is 0 Å². The highest BCUT2D eigenvalue weighted by atomic mass is 79.9. The van der Waals surface area contributed by atoms with Gasteiger partial charge >= 0.3 is 0 Å². The first-order chi connectivity index (χ1) is 12.7. The third-order valence-corrected chi connectivity index (χ3v) is 6.56. The van der Waals surface area contributed by atoms with Gasteiger partial charge in [-0.15, -0.1) is 0 Å². The summed E-state index contributed by atoms with van der Waals surface area (Å²) in [5.74, 6) is 0. The Balaban J connectivity index is 1.91. The highest BCUT2D eigenvalue weighted by Gasteiger charge is 2.37. The number of rotatable bonds is 1. The van der Waals surface area contributed by atoms with Gasteiger partial charge in [0.25, 0.3) is 0 Å². The molecule has 0 N–H and O–H groups in total. The Kier molecular flexibility index (Phi) is 4.38. The van der Waals surface area contributed by atoms with Crippen LogP contribution in [0.5, 0.6) is 0 Å². The smallest absolute Gasteiger partial charge is 0.0500 e. The standard InChI is InChI=1S/C25H28BrN/c1-24(2,3)17-10-13-19(14-11-17)27-22-9-7-6-8-20(22)25(4,5)21-16-18(26)12-15-23(21)27/h6-10,12-13,15-16H,11,14H2,1-5H3. The Hall–Kier alpha value is -1.80. The Bertz CT molecular complexity index is 957. The summed E-state index contributed by atoms with van der Waals surface area (Å²) in [6.07, 6.45) is 6.89. The number of hydrogen-bond donors (Lipinski definition) is 0. The zero-order valence-electron chi connectivity index (χ0n) is 16.9. The van der Waals surface area contributed by atoms with Crippen LogP contribution in [0.2, 0.25) is 0 Å². The first-order valence-electron chi connectivity index (χ1n) is 9.79. The number of fused-ring (bicyclic) bond motifs is 2. The Labute approximate surface area is 171 Å². The minimum absolute atomic E-state index is 0.0200. The molecule has 1 heterocycles. The third kappa shape index (κ3) is 3.08. The number of halogens is 1. The molecule has 1 nitrogen and oxygen atoms in total. The molecule has 0 radical (unpaired) electrons. The van der Waals surface area contributed by atoms with Gasteiger partial charge < -0.3 is 4.90 Å². The third-order valence-electron chi connectivity index (χ3n) is 6.07. The normalized spacial score (nSPS) is 18.4. The quantitative estimate of drug-likeness (QED) is 0.452. The number of benzene rings is 2. The fraction of sp³-hybridized carbons (Fsp3) is 0.360. The summed E-state index contributed by atoms with van der Waals surface area (Å²) < 4.78 is 1.14. The molecule has 0 spiro atoms. The molecule has 1 aliphatic heterocycles. The molecular weight excluding hydrogens is 394 g/mol. The molecule has 0 saturated heterocycles. The maximum Gasteiger partial charge on any atom is 0.0500 e. The van der Waals surface area contributed by atoms with Crippen molar-refractivity contribution in [3.63, 3.8) is 0 Å². The molecule has 2 aromatic rings. The van der Waals surface area contributed by atoms with Crippen LogP contribution in [0.3, 0.4) is 0 Å². The van der Waals surface area contributed by atoms with Gasteiger partial charge in [-0.25, -0.2) is 0 Å². The van der Waals surface area contributed by atoms with Crippen molar-refractivity contribution in [3.8, 4) is 0 Å². The molecule has 140 valence electrons. The van der Waals surface area contributed by atoms with Crippen molar-refractivity contribution >= 4 is 27.3 Å². The van der Waals surface area contributed by atoms with Crippen molar-refractivity contribution in [2.45, 2.75) is 52.9 Å². The van der Waals surface area contributed by atoms with Crippen LogP contribution in [0, 0.1) is 5.41 Å². The van der Waals surface area contributed by atoms with Gasteiger partial charge in [-0.1, -0.05) is 80.4 Å². The number of nitrogens with zero attached hydrogens (tertiary/aromatic N) is 1. The minimum atomic E-state index is -0.0200. The van der Waals surface area contributed by atoms with E-state index in [1.54, 1.807) is 0 Å². The molecule has 27 heavy (non-hydrogen) atoms. The molecule has 4 rings (SSSR count). The lowest BCUT2D eigenvalue weighted by Crippen LogP contribution is -2.33. The largest absolute Gasteiger partial charge is 0.314 e. The van der Waals surface area contributed by atoms with Gasteiger partial charge in [0.15, 0.2) is 0 Å². The molecule has 0 amide bonds. The SMILES string of the molecule is CC(C)(C)C1=CC=C(N2c3ccccc3C(C)(C)c3cc(Br)ccc32)CC1. The summed E-state index contributed by atoms with van der Waals surface area (Å²) in [6.45, 7) is 11.6. The molecule has 0 bridgehead atoms. The predicted molar refractivity (Wildman–Crippen MR) is 120 cm³/mol. The monoisotopic (exact) mass is 421 g/mol. The van der Waals surface area contributed by atoms with Crippen LogP contribution in [-0.4, -0.2) is 0 Å². The second-order valence-electron chi connectivity index (χ2n) is 9.24. The Morgan fingerprint density at radius 1 is 0.889 bits per heavy atom. The average molecular weight is 422 g/mol. The summed E-state index contributed by atoms with van der Waals surface area (Å²) in [5.41, 5.74) is 8.53. The van der Waals surface area contributed by atoms with Crippen LogP contribution in [0.4, 0.5) is 11.4 Å². The molecule has 0 atom stereocenters.